The molecule has 0 radical (unpaired) electrons. The van der Waals surface area contributed by atoms with E-state index in [2.05, 4.69) is 47.5 Å². The molecular weight excluding hydrogens is 324 g/mol. The van der Waals surface area contributed by atoms with E-state index in [9.17, 15) is 4.79 Å². The molecule has 0 aromatic heterocycles. The van der Waals surface area contributed by atoms with E-state index in [1.807, 2.05) is 12.1 Å². The normalized spacial score (nSPS) is 17.3. The van der Waals surface area contributed by atoms with Gasteiger partial charge in [0.25, 0.3) is 0 Å². The molecule has 2 heterocycles. The average Bonchev–Trinajstić information content (AvgIpc) is 2.61. The standard InChI is InChI=1S/C22H26N2O2/c1-16-4-6-17(7-5-16)3-2-12-24-14-20(15-24)26-19-9-10-21-18(13-19)8-11-22(25)23-21/h4-7,9-10,13,20H,2-3,8,11-12,14-15H2,1H3,(H,23,25). The maximum Gasteiger partial charge on any atom is 0.224 e. The lowest BCUT2D eigenvalue weighted by Crippen LogP contribution is -2.53. The van der Waals surface area contributed by atoms with E-state index in [0.717, 1.165) is 43.9 Å². The highest BCUT2D eigenvalue weighted by atomic mass is 16.5. The minimum atomic E-state index is 0.103. The van der Waals surface area contributed by atoms with E-state index in [-0.39, 0.29) is 12.0 Å². The Balaban J connectivity index is 1.19. The van der Waals surface area contributed by atoms with E-state index >= 15 is 0 Å². The van der Waals surface area contributed by atoms with Gasteiger partial charge in [-0.25, -0.2) is 0 Å². The Morgan fingerprint density at radius 3 is 2.73 bits per heavy atom. The summed E-state index contributed by atoms with van der Waals surface area (Å²) >= 11 is 0. The van der Waals surface area contributed by atoms with Gasteiger partial charge in [0.05, 0.1) is 0 Å². The summed E-state index contributed by atoms with van der Waals surface area (Å²) in [7, 11) is 0. The van der Waals surface area contributed by atoms with Crippen LogP contribution in [-0.4, -0.2) is 36.5 Å². The van der Waals surface area contributed by atoms with Gasteiger partial charge in [0.1, 0.15) is 11.9 Å². The second-order valence-electron chi connectivity index (χ2n) is 7.46. The zero-order chi connectivity index (χ0) is 17.9. The van der Waals surface area contributed by atoms with Crippen LogP contribution in [0, 0.1) is 6.92 Å². The first-order valence-electron chi connectivity index (χ1n) is 9.53. The van der Waals surface area contributed by atoms with E-state index in [1.165, 1.54) is 23.1 Å². The molecule has 4 heteroatoms. The van der Waals surface area contributed by atoms with Crippen LogP contribution in [0.4, 0.5) is 5.69 Å². The molecule has 0 unspecified atom stereocenters. The number of nitrogens with one attached hydrogen (secondary N) is 1. The summed E-state index contributed by atoms with van der Waals surface area (Å²) < 4.78 is 6.10. The third-order valence-corrected chi connectivity index (χ3v) is 5.26. The second-order valence-corrected chi connectivity index (χ2v) is 7.46. The summed E-state index contributed by atoms with van der Waals surface area (Å²) in [6.45, 7) is 5.26. The largest absolute Gasteiger partial charge is 0.488 e. The summed E-state index contributed by atoms with van der Waals surface area (Å²) in [5.74, 6) is 1.02. The van der Waals surface area contributed by atoms with Gasteiger partial charge >= 0.3 is 0 Å². The van der Waals surface area contributed by atoms with Gasteiger partial charge in [0.2, 0.25) is 5.91 Å². The molecule has 2 aliphatic rings. The zero-order valence-corrected chi connectivity index (χ0v) is 15.3. The van der Waals surface area contributed by atoms with Crippen LogP contribution in [0.25, 0.3) is 0 Å². The molecule has 0 saturated carbocycles. The predicted molar refractivity (Wildman–Crippen MR) is 104 cm³/mol. The Bertz CT molecular complexity index is 779. The van der Waals surface area contributed by atoms with Gasteiger partial charge in [-0.2, -0.15) is 0 Å². The SMILES string of the molecule is Cc1ccc(CCCN2CC(Oc3ccc4c(c3)CCC(=O)N4)C2)cc1. The third-order valence-electron chi connectivity index (χ3n) is 5.26. The molecule has 0 aliphatic carbocycles. The van der Waals surface area contributed by atoms with Crippen LogP contribution in [0.15, 0.2) is 42.5 Å². The summed E-state index contributed by atoms with van der Waals surface area (Å²) in [5.41, 5.74) is 4.85. The van der Waals surface area contributed by atoms with E-state index in [4.69, 9.17) is 4.74 Å². The second kappa shape index (κ2) is 7.50. The molecule has 136 valence electrons. The Morgan fingerprint density at radius 2 is 1.92 bits per heavy atom. The molecule has 26 heavy (non-hydrogen) atoms. The molecule has 2 aliphatic heterocycles. The lowest BCUT2D eigenvalue weighted by molar-refractivity contribution is -0.116. The number of carbonyl (C=O) groups excluding carboxylic acids is 1. The number of fused-ring (bicyclic) bond motifs is 1. The van der Waals surface area contributed by atoms with E-state index in [1.54, 1.807) is 0 Å². The number of rotatable bonds is 6. The number of nitrogens with zero attached hydrogens (tertiary/aromatic N) is 1. The van der Waals surface area contributed by atoms with Crippen LogP contribution in [0.2, 0.25) is 0 Å². The molecule has 4 rings (SSSR count). The van der Waals surface area contributed by atoms with Crippen LogP contribution in [-0.2, 0) is 17.6 Å². The molecule has 2 aromatic carbocycles. The van der Waals surface area contributed by atoms with Crippen molar-refractivity contribution in [3.63, 3.8) is 0 Å². The summed E-state index contributed by atoms with van der Waals surface area (Å²) in [6.07, 6.45) is 3.97. The Kier molecular flexibility index (Phi) is 4.93. The van der Waals surface area contributed by atoms with E-state index < -0.39 is 0 Å². The highest BCUT2D eigenvalue weighted by Crippen LogP contribution is 2.28. The molecule has 1 saturated heterocycles. The average molecular weight is 350 g/mol. The van der Waals surface area contributed by atoms with Crippen LogP contribution in [0.3, 0.4) is 0 Å². The number of ether oxygens (including phenoxy) is 1. The fourth-order valence-electron chi connectivity index (χ4n) is 3.67. The van der Waals surface area contributed by atoms with Crippen LogP contribution < -0.4 is 10.1 Å². The van der Waals surface area contributed by atoms with Gasteiger partial charge in [-0.3, -0.25) is 9.69 Å². The molecular formula is C22H26N2O2. The first-order chi connectivity index (χ1) is 12.7. The smallest absolute Gasteiger partial charge is 0.224 e. The summed E-state index contributed by atoms with van der Waals surface area (Å²) in [5, 5.41) is 2.91. The number of likely N-dealkylation sites (tertiary alicyclic amines) is 1. The van der Waals surface area contributed by atoms with Gasteiger partial charge in [-0.15, -0.1) is 0 Å². The third kappa shape index (κ3) is 4.07. The number of hydrogen-bond donors (Lipinski definition) is 1. The van der Waals surface area contributed by atoms with Crippen LogP contribution in [0.1, 0.15) is 29.5 Å². The van der Waals surface area contributed by atoms with Crippen molar-refractivity contribution in [2.24, 2.45) is 0 Å². The monoisotopic (exact) mass is 350 g/mol. The van der Waals surface area contributed by atoms with E-state index in [0.29, 0.717) is 6.42 Å². The van der Waals surface area contributed by atoms with Gasteiger partial charge in [-0.1, -0.05) is 29.8 Å². The number of hydrogen-bond acceptors (Lipinski definition) is 3. The van der Waals surface area contributed by atoms with Gasteiger partial charge in [-0.05, 0) is 62.1 Å². The highest BCUT2D eigenvalue weighted by Gasteiger charge is 2.28. The quantitative estimate of drug-likeness (QED) is 0.866. The first-order valence-corrected chi connectivity index (χ1v) is 9.53. The van der Waals surface area contributed by atoms with Gasteiger partial charge in [0.15, 0.2) is 0 Å². The van der Waals surface area contributed by atoms with Crippen molar-refractivity contribution in [3.8, 4) is 5.75 Å². The Morgan fingerprint density at radius 1 is 1.12 bits per heavy atom. The highest BCUT2D eigenvalue weighted by molar-refractivity contribution is 5.93. The van der Waals surface area contributed by atoms with Crippen molar-refractivity contribution in [2.75, 3.05) is 25.0 Å². The van der Waals surface area contributed by atoms with Crippen molar-refractivity contribution in [1.29, 1.82) is 0 Å². The fraction of sp³-hybridized carbons (Fsp3) is 0.409. The molecule has 1 fully saturated rings. The topological polar surface area (TPSA) is 41.6 Å². The predicted octanol–water partition coefficient (Wildman–Crippen LogP) is 3.58. The number of benzene rings is 2. The molecule has 0 spiro atoms. The number of amides is 1. The summed E-state index contributed by atoms with van der Waals surface area (Å²) in [4.78, 5) is 13.9. The minimum Gasteiger partial charge on any atom is -0.488 e. The molecule has 0 atom stereocenters. The molecule has 2 aromatic rings. The number of aryl methyl sites for hydroxylation is 3. The Hall–Kier alpha value is -2.33. The molecule has 1 amide bonds. The lowest BCUT2D eigenvalue weighted by atomic mass is 10.0. The lowest BCUT2D eigenvalue weighted by Gasteiger charge is -2.39. The van der Waals surface area contributed by atoms with Crippen molar-refractivity contribution >= 4 is 11.6 Å². The fourth-order valence-corrected chi connectivity index (χ4v) is 3.67. The van der Waals surface area contributed by atoms with Gasteiger partial charge < -0.3 is 10.1 Å². The maximum absolute atomic E-state index is 11.4. The first kappa shape index (κ1) is 17.1. The maximum atomic E-state index is 11.4. The number of anilines is 1. The molecule has 0 bridgehead atoms. The molecule has 4 nitrogen and oxygen atoms in total. The zero-order valence-electron chi connectivity index (χ0n) is 15.3. The van der Waals surface area contributed by atoms with Crippen molar-refractivity contribution < 1.29 is 9.53 Å². The summed E-state index contributed by atoms with van der Waals surface area (Å²) in [6, 6.07) is 14.8. The van der Waals surface area contributed by atoms with Gasteiger partial charge in [0, 0.05) is 25.2 Å². The van der Waals surface area contributed by atoms with Crippen molar-refractivity contribution in [3.05, 3.63) is 59.2 Å². The molecule has 1 N–H and O–H groups in total. The minimum absolute atomic E-state index is 0.103. The van der Waals surface area contributed by atoms with Crippen molar-refractivity contribution in [2.45, 2.75) is 38.7 Å². The Labute approximate surface area is 155 Å². The van der Waals surface area contributed by atoms with Crippen LogP contribution in [0.5, 0.6) is 5.75 Å². The van der Waals surface area contributed by atoms with Crippen molar-refractivity contribution in [1.82, 2.24) is 4.90 Å². The number of carbonyl (C=O) groups is 1. The van der Waals surface area contributed by atoms with Crippen LogP contribution >= 0.6 is 0 Å².